The molecule has 0 saturated carbocycles. The van der Waals surface area contributed by atoms with Crippen LogP contribution in [0.25, 0.3) is 0 Å². The average Bonchev–Trinajstić information content (AvgIpc) is 2.83. The smallest absolute Gasteiger partial charge is 0.311 e. The van der Waals surface area contributed by atoms with Crippen LogP contribution in [0.5, 0.6) is 0 Å². The molecule has 1 aliphatic heterocycles. The van der Waals surface area contributed by atoms with E-state index in [1.807, 2.05) is 0 Å². The van der Waals surface area contributed by atoms with Crippen molar-refractivity contribution in [3.63, 3.8) is 0 Å². The van der Waals surface area contributed by atoms with Gasteiger partial charge in [-0.05, 0) is 31.0 Å². The zero-order valence-electron chi connectivity index (χ0n) is 11.0. The number of benzene rings is 1. The van der Waals surface area contributed by atoms with Gasteiger partial charge in [-0.3, -0.25) is 9.59 Å². The van der Waals surface area contributed by atoms with Crippen LogP contribution in [-0.4, -0.2) is 35.0 Å². The first-order valence-corrected chi connectivity index (χ1v) is 6.75. The van der Waals surface area contributed by atoms with Crippen molar-refractivity contribution < 1.29 is 19.1 Å². The van der Waals surface area contributed by atoms with Gasteiger partial charge < -0.3 is 10.0 Å². The molecule has 1 heterocycles. The van der Waals surface area contributed by atoms with E-state index in [0.717, 1.165) is 6.07 Å². The van der Waals surface area contributed by atoms with Crippen LogP contribution in [0.4, 0.5) is 4.39 Å². The predicted octanol–water partition coefficient (Wildman–Crippen LogP) is 2.81. The first kappa shape index (κ1) is 14.8. The standard InChI is InChI=1S/C14H15ClFNO3/c1-2-14(13(19)20)5-6-17(8-14)12(18)10-4-3-9(16)7-11(10)15/h3-4,7H,2,5-6,8H2,1H3,(H,19,20). The van der Waals surface area contributed by atoms with E-state index >= 15 is 0 Å². The van der Waals surface area contributed by atoms with E-state index in [2.05, 4.69) is 0 Å². The van der Waals surface area contributed by atoms with Gasteiger partial charge in [-0.2, -0.15) is 0 Å². The lowest BCUT2D eigenvalue weighted by atomic mass is 9.84. The van der Waals surface area contributed by atoms with Gasteiger partial charge in [0.15, 0.2) is 0 Å². The van der Waals surface area contributed by atoms with E-state index in [4.69, 9.17) is 11.6 Å². The van der Waals surface area contributed by atoms with E-state index < -0.39 is 17.2 Å². The number of halogens is 2. The number of amides is 1. The fourth-order valence-electron chi connectivity index (χ4n) is 2.49. The maximum atomic E-state index is 13.0. The number of rotatable bonds is 3. The Kier molecular flexibility index (Phi) is 3.99. The van der Waals surface area contributed by atoms with Crippen molar-refractivity contribution in [1.82, 2.24) is 4.90 Å². The summed E-state index contributed by atoms with van der Waals surface area (Å²) in [6.45, 7) is 2.32. The lowest BCUT2D eigenvalue weighted by Gasteiger charge is -2.23. The van der Waals surface area contributed by atoms with Crippen LogP contribution in [-0.2, 0) is 4.79 Å². The average molecular weight is 300 g/mol. The number of hydrogen-bond donors (Lipinski definition) is 1. The van der Waals surface area contributed by atoms with Crippen LogP contribution < -0.4 is 0 Å². The third kappa shape index (κ3) is 2.50. The number of aliphatic carboxylic acids is 1. The summed E-state index contributed by atoms with van der Waals surface area (Å²) in [5, 5.41) is 9.35. The molecule has 1 atom stereocenters. The summed E-state index contributed by atoms with van der Waals surface area (Å²) in [5.74, 6) is -1.76. The lowest BCUT2D eigenvalue weighted by Crippen LogP contribution is -2.36. The number of likely N-dealkylation sites (tertiary alicyclic amines) is 1. The molecule has 20 heavy (non-hydrogen) atoms. The number of carboxylic acids is 1. The topological polar surface area (TPSA) is 57.6 Å². The number of hydrogen-bond acceptors (Lipinski definition) is 2. The van der Waals surface area contributed by atoms with E-state index in [1.165, 1.54) is 17.0 Å². The second-order valence-corrected chi connectivity index (χ2v) is 5.45. The van der Waals surface area contributed by atoms with Crippen LogP contribution in [0.15, 0.2) is 18.2 Å². The fraction of sp³-hybridized carbons (Fsp3) is 0.429. The molecule has 0 aliphatic carbocycles. The molecule has 108 valence electrons. The molecular formula is C14H15ClFNO3. The van der Waals surface area contributed by atoms with Gasteiger partial charge in [0.1, 0.15) is 5.82 Å². The van der Waals surface area contributed by atoms with Crippen molar-refractivity contribution in [3.8, 4) is 0 Å². The summed E-state index contributed by atoms with van der Waals surface area (Å²) in [6.07, 6.45) is 0.882. The van der Waals surface area contributed by atoms with Crippen LogP contribution in [0, 0.1) is 11.2 Å². The summed E-state index contributed by atoms with van der Waals surface area (Å²) in [5.41, 5.74) is -0.687. The van der Waals surface area contributed by atoms with Gasteiger partial charge in [0, 0.05) is 13.1 Å². The summed E-state index contributed by atoms with van der Waals surface area (Å²) >= 11 is 5.87. The van der Waals surface area contributed by atoms with Crippen molar-refractivity contribution in [2.45, 2.75) is 19.8 Å². The van der Waals surface area contributed by atoms with Crippen LogP contribution >= 0.6 is 11.6 Å². The number of carboxylic acid groups (broad SMARTS) is 1. The number of carbonyl (C=O) groups is 2. The van der Waals surface area contributed by atoms with E-state index in [0.29, 0.717) is 19.4 Å². The number of carbonyl (C=O) groups excluding carboxylic acids is 1. The van der Waals surface area contributed by atoms with Gasteiger partial charge >= 0.3 is 5.97 Å². The predicted molar refractivity (Wildman–Crippen MR) is 72.3 cm³/mol. The Morgan fingerprint density at radius 3 is 2.70 bits per heavy atom. The van der Waals surface area contributed by atoms with Gasteiger partial charge in [-0.25, -0.2) is 4.39 Å². The largest absolute Gasteiger partial charge is 0.481 e. The molecule has 1 aromatic carbocycles. The first-order chi connectivity index (χ1) is 9.39. The Morgan fingerprint density at radius 1 is 1.50 bits per heavy atom. The fourth-order valence-corrected chi connectivity index (χ4v) is 2.74. The van der Waals surface area contributed by atoms with Gasteiger partial charge in [0.05, 0.1) is 16.0 Å². The molecule has 1 amide bonds. The van der Waals surface area contributed by atoms with Crippen LogP contribution in [0.1, 0.15) is 30.1 Å². The van der Waals surface area contributed by atoms with Crippen molar-refractivity contribution in [1.29, 1.82) is 0 Å². The molecule has 1 fully saturated rings. The van der Waals surface area contributed by atoms with Crippen molar-refractivity contribution >= 4 is 23.5 Å². The highest BCUT2D eigenvalue weighted by Crippen LogP contribution is 2.35. The molecule has 1 saturated heterocycles. The molecule has 1 aromatic rings. The molecular weight excluding hydrogens is 285 g/mol. The molecule has 0 aromatic heterocycles. The Balaban J connectivity index is 2.21. The van der Waals surface area contributed by atoms with E-state index in [9.17, 15) is 19.1 Å². The van der Waals surface area contributed by atoms with E-state index in [-0.39, 0.29) is 23.0 Å². The summed E-state index contributed by atoms with van der Waals surface area (Å²) in [7, 11) is 0. The van der Waals surface area contributed by atoms with Crippen molar-refractivity contribution in [2.75, 3.05) is 13.1 Å². The monoisotopic (exact) mass is 299 g/mol. The molecule has 4 nitrogen and oxygen atoms in total. The summed E-state index contributed by atoms with van der Waals surface area (Å²) in [4.78, 5) is 25.2. The van der Waals surface area contributed by atoms with Crippen LogP contribution in [0.3, 0.4) is 0 Å². The highest BCUT2D eigenvalue weighted by molar-refractivity contribution is 6.33. The van der Waals surface area contributed by atoms with E-state index in [1.54, 1.807) is 6.92 Å². The Hall–Kier alpha value is -1.62. The molecule has 0 spiro atoms. The van der Waals surface area contributed by atoms with Gasteiger partial charge in [0.25, 0.3) is 5.91 Å². The Bertz CT molecular complexity index is 563. The highest BCUT2D eigenvalue weighted by atomic mass is 35.5. The zero-order valence-corrected chi connectivity index (χ0v) is 11.8. The van der Waals surface area contributed by atoms with Crippen molar-refractivity contribution in [3.05, 3.63) is 34.6 Å². The second-order valence-electron chi connectivity index (χ2n) is 5.04. The quantitative estimate of drug-likeness (QED) is 0.933. The van der Waals surface area contributed by atoms with Gasteiger partial charge in [-0.1, -0.05) is 18.5 Å². The molecule has 1 N–H and O–H groups in total. The van der Waals surface area contributed by atoms with Crippen LogP contribution in [0.2, 0.25) is 5.02 Å². The maximum Gasteiger partial charge on any atom is 0.311 e. The van der Waals surface area contributed by atoms with Gasteiger partial charge in [-0.15, -0.1) is 0 Å². The number of nitrogens with zero attached hydrogens (tertiary/aromatic N) is 1. The summed E-state index contributed by atoms with van der Waals surface area (Å²) in [6, 6.07) is 3.57. The third-order valence-corrected chi connectivity index (χ3v) is 4.25. The third-order valence-electron chi connectivity index (χ3n) is 3.93. The highest BCUT2D eigenvalue weighted by Gasteiger charge is 2.45. The normalized spacial score (nSPS) is 22.1. The maximum absolute atomic E-state index is 13.0. The molecule has 6 heteroatoms. The molecule has 0 bridgehead atoms. The first-order valence-electron chi connectivity index (χ1n) is 6.37. The molecule has 1 unspecified atom stereocenters. The SMILES string of the molecule is CCC1(C(=O)O)CCN(C(=O)c2ccc(F)cc2Cl)C1. The minimum absolute atomic E-state index is 0.0410. The zero-order chi connectivity index (χ0) is 14.9. The van der Waals surface area contributed by atoms with Gasteiger partial charge in [0.2, 0.25) is 0 Å². The van der Waals surface area contributed by atoms with Crippen molar-refractivity contribution in [2.24, 2.45) is 5.41 Å². The minimum atomic E-state index is -0.888. The second kappa shape index (κ2) is 5.40. The summed E-state index contributed by atoms with van der Waals surface area (Å²) < 4.78 is 13.0. The molecule has 2 rings (SSSR count). The molecule has 0 radical (unpaired) electrons. The Labute approximate surface area is 121 Å². The lowest BCUT2D eigenvalue weighted by molar-refractivity contribution is -0.148. The minimum Gasteiger partial charge on any atom is -0.481 e. The Morgan fingerprint density at radius 2 is 2.20 bits per heavy atom. The molecule has 1 aliphatic rings.